The van der Waals surface area contributed by atoms with Crippen molar-refractivity contribution in [3.05, 3.63) is 24.5 Å². The van der Waals surface area contributed by atoms with Crippen LogP contribution in [0.3, 0.4) is 0 Å². The van der Waals surface area contributed by atoms with E-state index >= 15 is 0 Å². The van der Waals surface area contributed by atoms with E-state index in [1.807, 2.05) is 13.8 Å². The molecule has 0 radical (unpaired) electrons. The van der Waals surface area contributed by atoms with Gasteiger partial charge in [-0.3, -0.25) is 9.78 Å². The number of amides is 1. The predicted octanol–water partition coefficient (Wildman–Crippen LogP) is 2.24. The molecule has 0 saturated carbocycles. The molecule has 4 nitrogen and oxygen atoms in total. The Morgan fingerprint density at radius 2 is 2.12 bits per heavy atom. The van der Waals surface area contributed by atoms with Gasteiger partial charge in [0.25, 0.3) is 0 Å². The van der Waals surface area contributed by atoms with E-state index in [1.54, 1.807) is 24.5 Å². The third-order valence-corrected chi connectivity index (χ3v) is 1.99. The minimum absolute atomic E-state index is 0. The number of carbonyl (C=O) groups is 1. The molecule has 0 saturated heterocycles. The lowest BCUT2D eigenvalue weighted by molar-refractivity contribution is -0.117. The second kappa shape index (κ2) is 9.22. The van der Waals surface area contributed by atoms with E-state index in [4.69, 9.17) is 5.73 Å². The van der Waals surface area contributed by atoms with Crippen LogP contribution in [-0.4, -0.2) is 16.9 Å². The first-order valence-corrected chi connectivity index (χ1v) is 5.06. The molecule has 1 rings (SSSR count). The third kappa shape index (κ3) is 7.15. The molecular weight excluding hydrogens is 261 g/mol. The van der Waals surface area contributed by atoms with Crippen molar-refractivity contribution in [2.24, 2.45) is 11.7 Å². The van der Waals surface area contributed by atoms with Crippen LogP contribution in [0.1, 0.15) is 20.3 Å². The van der Waals surface area contributed by atoms with E-state index in [-0.39, 0.29) is 30.7 Å². The van der Waals surface area contributed by atoms with Gasteiger partial charge in [-0.1, -0.05) is 13.8 Å². The summed E-state index contributed by atoms with van der Waals surface area (Å²) in [5.41, 5.74) is 6.42. The first-order chi connectivity index (χ1) is 7.09. The summed E-state index contributed by atoms with van der Waals surface area (Å²) in [6, 6.07) is 3.10. The molecule has 1 aromatic heterocycles. The fourth-order valence-electron chi connectivity index (χ4n) is 1.29. The van der Waals surface area contributed by atoms with Crippen LogP contribution in [0.15, 0.2) is 24.5 Å². The standard InChI is InChI=1S/C11H17N3O.2ClH/c1-8(2)6-10(12)11(15)14-9-4-3-5-13-7-9;;/h3-5,7-8,10H,6,12H2,1-2H3,(H,14,15);2*1H/t10-;;/m0../s1. The predicted molar refractivity (Wildman–Crippen MR) is 74.8 cm³/mol. The van der Waals surface area contributed by atoms with Crippen molar-refractivity contribution in [1.82, 2.24) is 4.98 Å². The molecule has 98 valence electrons. The maximum Gasteiger partial charge on any atom is 0.241 e. The molecule has 0 bridgehead atoms. The molecule has 0 unspecified atom stereocenters. The molecule has 0 aliphatic heterocycles. The van der Waals surface area contributed by atoms with Crippen molar-refractivity contribution in [3.63, 3.8) is 0 Å². The Bertz CT molecular complexity index is 320. The molecule has 3 N–H and O–H groups in total. The van der Waals surface area contributed by atoms with E-state index in [1.165, 1.54) is 0 Å². The van der Waals surface area contributed by atoms with Gasteiger partial charge in [-0.2, -0.15) is 0 Å². The molecule has 1 amide bonds. The molecule has 1 atom stereocenters. The van der Waals surface area contributed by atoms with Crippen molar-refractivity contribution in [3.8, 4) is 0 Å². The Morgan fingerprint density at radius 1 is 1.47 bits per heavy atom. The minimum Gasteiger partial charge on any atom is -0.323 e. The van der Waals surface area contributed by atoms with Crippen molar-refractivity contribution in [2.75, 3.05) is 5.32 Å². The maximum absolute atomic E-state index is 11.6. The van der Waals surface area contributed by atoms with Crippen LogP contribution in [0.25, 0.3) is 0 Å². The zero-order chi connectivity index (χ0) is 11.3. The highest BCUT2D eigenvalue weighted by Crippen LogP contribution is 2.07. The highest BCUT2D eigenvalue weighted by molar-refractivity contribution is 5.94. The van der Waals surface area contributed by atoms with Gasteiger partial charge in [0.05, 0.1) is 17.9 Å². The van der Waals surface area contributed by atoms with Gasteiger partial charge in [-0.05, 0) is 24.5 Å². The number of pyridine rings is 1. The molecule has 0 fully saturated rings. The topological polar surface area (TPSA) is 68.0 Å². The SMILES string of the molecule is CC(C)C[C@H](N)C(=O)Nc1cccnc1.Cl.Cl. The summed E-state index contributed by atoms with van der Waals surface area (Å²) < 4.78 is 0. The molecule has 1 aromatic rings. The average Bonchev–Trinajstić information content (AvgIpc) is 2.18. The first kappa shape index (κ1) is 18.5. The zero-order valence-electron chi connectivity index (χ0n) is 9.92. The normalized spacial score (nSPS) is 11.1. The van der Waals surface area contributed by atoms with Crippen LogP contribution in [0.4, 0.5) is 5.69 Å². The average molecular weight is 280 g/mol. The van der Waals surface area contributed by atoms with E-state index in [2.05, 4.69) is 10.3 Å². The third-order valence-electron chi connectivity index (χ3n) is 1.99. The number of halogens is 2. The summed E-state index contributed by atoms with van der Waals surface area (Å²) in [4.78, 5) is 15.5. The van der Waals surface area contributed by atoms with Crippen LogP contribution in [0.2, 0.25) is 0 Å². The molecule has 0 aliphatic rings. The highest BCUT2D eigenvalue weighted by Gasteiger charge is 2.14. The molecule has 0 aliphatic carbocycles. The van der Waals surface area contributed by atoms with E-state index in [0.717, 1.165) is 0 Å². The summed E-state index contributed by atoms with van der Waals surface area (Å²) >= 11 is 0. The summed E-state index contributed by atoms with van der Waals surface area (Å²) in [5, 5.41) is 2.72. The van der Waals surface area contributed by atoms with Crippen LogP contribution in [0.5, 0.6) is 0 Å². The smallest absolute Gasteiger partial charge is 0.241 e. The maximum atomic E-state index is 11.6. The largest absolute Gasteiger partial charge is 0.323 e. The number of carbonyl (C=O) groups excluding carboxylic acids is 1. The molecule has 17 heavy (non-hydrogen) atoms. The molecular formula is C11H19Cl2N3O. The van der Waals surface area contributed by atoms with Crippen molar-refractivity contribution >= 4 is 36.4 Å². The summed E-state index contributed by atoms with van der Waals surface area (Å²) in [5.74, 6) is 0.261. The van der Waals surface area contributed by atoms with Crippen molar-refractivity contribution in [2.45, 2.75) is 26.3 Å². The number of aromatic nitrogens is 1. The number of hydrogen-bond donors (Lipinski definition) is 2. The van der Waals surface area contributed by atoms with E-state index < -0.39 is 6.04 Å². The summed E-state index contributed by atoms with van der Waals surface area (Å²) in [6.45, 7) is 4.08. The van der Waals surface area contributed by atoms with Gasteiger partial charge in [0.2, 0.25) is 5.91 Å². The fraction of sp³-hybridized carbons (Fsp3) is 0.455. The summed E-state index contributed by atoms with van der Waals surface area (Å²) in [7, 11) is 0. The monoisotopic (exact) mass is 279 g/mol. The number of nitrogens with zero attached hydrogens (tertiary/aromatic N) is 1. The number of rotatable bonds is 4. The molecule has 0 spiro atoms. The van der Waals surface area contributed by atoms with Gasteiger partial charge >= 0.3 is 0 Å². The number of hydrogen-bond acceptors (Lipinski definition) is 3. The second-order valence-electron chi connectivity index (χ2n) is 3.97. The number of nitrogens with two attached hydrogens (primary N) is 1. The highest BCUT2D eigenvalue weighted by atomic mass is 35.5. The van der Waals surface area contributed by atoms with Crippen LogP contribution in [-0.2, 0) is 4.79 Å². The Hall–Kier alpha value is -0.840. The van der Waals surface area contributed by atoms with Gasteiger partial charge < -0.3 is 11.1 Å². The van der Waals surface area contributed by atoms with Crippen LogP contribution in [0, 0.1) is 5.92 Å². The minimum atomic E-state index is -0.454. The van der Waals surface area contributed by atoms with Gasteiger partial charge in [0.15, 0.2) is 0 Å². The van der Waals surface area contributed by atoms with Crippen LogP contribution < -0.4 is 11.1 Å². The zero-order valence-corrected chi connectivity index (χ0v) is 11.6. The van der Waals surface area contributed by atoms with Crippen molar-refractivity contribution in [1.29, 1.82) is 0 Å². The first-order valence-electron chi connectivity index (χ1n) is 5.06. The van der Waals surface area contributed by atoms with Gasteiger partial charge in [0, 0.05) is 6.20 Å². The van der Waals surface area contributed by atoms with Crippen LogP contribution >= 0.6 is 24.8 Å². The lowest BCUT2D eigenvalue weighted by atomic mass is 10.0. The number of anilines is 1. The Kier molecular flexibility index (Phi) is 10.0. The molecule has 1 heterocycles. The van der Waals surface area contributed by atoms with E-state index in [9.17, 15) is 4.79 Å². The second-order valence-corrected chi connectivity index (χ2v) is 3.97. The lowest BCUT2D eigenvalue weighted by Gasteiger charge is -2.13. The van der Waals surface area contributed by atoms with Crippen molar-refractivity contribution < 1.29 is 4.79 Å². The van der Waals surface area contributed by atoms with E-state index in [0.29, 0.717) is 18.0 Å². The number of nitrogens with one attached hydrogen (secondary N) is 1. The Labute approximate surface area is 114 Å². The van der Waals surface area contributed by atoms with Gasteiger partial charge in [0.1, 0.15) is 0 Å². The lowest BCUT2D eigenvalue weighted by Crippen LogP contribution is -2.36. The van der Waals surface area contributed by atoms with Gasteiger partial charge in [-0.15, -0.1) is 24.8 Å². The Morgan fingerprint density at radius 3 is 2.59 bits per heavy atom. The molecule has 0 aromatic carbocycles. The summed E-state index contributed by atoms with van der Waals surface area (Å²) in [6.07, 6.45) is 3.94. The fourth-order valence-corrected chi connectivity index (χ4v) is 1.29. The quantitative estimate of drug-likeness (QED) is 0.888. The molecule has 6 heteroatoms. The van der Waals surface area contributed by atoms with Gasteiger partial charge in [-0.25, -0.2) is 0 Å². The Balaban J connectivity index is 0.